The molecule has 0 amide bonds. The first-order valence-corrected chi connectivity index (χ1v) is 7.56. The van der Waals surface area contributed by atoms with Crippen LogP contribution in [0, 0.1) is 23.3 Å². The van der Waals surface area contributed by atoms with Gasteiger partial charge in [-0.15, -0.1) is 0 Å². The Hall–Kier alpha value is -1.96. The second-order valence-electron chi connectivity index (χ2n) is 4.22. The fraction of sp³-hybridized carbons (Fsp3) is 0.133. The highest BCUT2D eigenvalue weighted by Crippen LogP contribution is 2.35. The van der Waals surface area contributed by atoms with E-state index in [-0.39, 0.29) is 0 Å². The molecule has 23 heavy (non-hydrogen) atoms. The van der Waals surface area contributed by atoms with Gasteiger partial charge in [0.2, 0.25) is 0 Å². The van der Waals surface area contributed by atoms with Crippen molar-refractivity contribution in [3.8, 4) is 0 Å². The van der Waals surface area contributed by atoms with Crippen LogP contribution < -0.4 is 0 Å². The van der Waals surface area contributed by atoms with Crippen LogP contribution in [0.5, 0.6) is 0 Å². The zero-order valence-corrected chi connectivity index (χ0v) is 13.2. The molecule has 8 heteroatoms. The van der Waals surface area contributed by atoms with E-state index >= 15 is 0 Å². The second kappa shape index (κ2) is 7.54. The van der Waals surface area contributed by atoms with Crippen LogP contribution in [0.25, 0.3) is 0 Å². The van der Waals surface area contributed by atoms with E-state index in [1.54, 1.807) is 0 Å². The largest absolute Gasteiger partial charge is 0.478 e. The van der Waals surface area contributed by atoms with Crippen molar-refractivity contribution in [2.45, 2.75) is 5.67 Å². The van der Waals surface area contributed by atoms with E-state index < -0.39 is 46.0 Å². The van der Waals surface area contributed by atoms with Gasteiger partial charge >= 0.3 is 5.97 Å². The first-order chi connectivity index (χ1) is 10.8. The van der Waals surface area contributed by atoms with Gasteiger partial charge in [0.25, 0.3) is 5.67 Å². The van der Waals surface area contributed by atoms with E-state index in [1.165, 1.54) is 0 Å². The molecule has 0 radical (unpaired) electrons. The molecule has 0 atom stereocenters. The fourth-order valence-corrected chi connectivity index (χ4v) is 1.83. The van der Waals surface area contributed by atoms with Gasteiger partial charge in [0.05, 0.1) is 0 Å². The molecule has 0 heterocycles. The molecule has 0 saturated carbocycles. The Labute approximate surface area is 136 Å². The number of halogens is 6. The van der Waals surface area contributed by atoms with Gasteiger partial charge in [-0.2, -0.15) is 0 Å². The topological polar surface area (TPSA) is 37.3 Å². The molecule has 0 fully saturated rings. The molecule has 2 aromatic carbocycles. The minimum absolute atomic E-state index is 0.352. The maximum atomic E-state index is 14.8. The first-order valence-electron chi connectivity index (χ1n) is 5.98. The molecule has 0 aliphatic rings. The van der Waals surface area contributed by atoms with Gasteiger partial charge in [-0.1, -0.05) is 28.1 Å². The molecule has 0 aromatic heterocycles. The van der Waals surface area contributed by atoms with E-state index in [0.29, 0.717) is 36.4 Å². The average Bonchev–Trinajstić information content (AvgIpc) is 2.53. The highest BCUT2D eigenvalue weighted by molar-refractivity contribution is 9.08. The molecule has 0 aliphatic carbocycles. The maximum absolute atomic E-state index is 14.8. The lowest BCUT2D eigenvalue weighted by Gasteiger charge is -2.22. The summed E-state index contributed by atoms with van der Waals surface area (Å²) in [6.45, 7) is 0. The third kappa shape index (κ3) is 3.69. The van der Waals surface area contributed by atoms with E-state index in [9.17, 15) is 26.7 Å². The number of carboxylic acids is 1. The molecule has 2 nitrogen and oxygen atoms in total. The number of hydrogen-bond acceptors (Lipinski definition) is 1. The van der Waals surface area contributed by atoms with Crippen molar-refractivity contribution in [1.29, 1.82) is 0 Å². The van der Waals surface area contributed by atoms with E-state index in [2.05, 4.69) is 15.9 Å². The van der Waals surface area contributed by atoms with Crippen molar-refractivity contribution in [3.05, 3.63) is 70.8 Å². The third-order valence-corrected chi connectivity index (χ3v) is 2.93. The normalized spacial score (nSPS) is 10.7. The molecule has 0 bridgehead atoms. The van der Waals surface area contributed by atoms with Gasteiger partial charge in [0.1, 0.15) is 0 Å². The summed E-state index contributed by atoms with van der Waals surface area (Å²) in [4.78, 5) is 11.2. The highest BCUT2D eigenvalue weighted by atomic mass is 79.9. The summed E-state index contributed by atoms with van der Waals surface area (Å²) < 4.78 is 66.9. The number of carboxylic acid groups (broad SMARTS) is 1. The van der Waals surface area contributed by atoms with Crippen molar-refractivity contribution in [2.24, 2.45) is 0 Å². The highest BCUT2D eigenvalue weighted by Gasteiger charge is 2.43. The van der Waals surface area contributed by atoms with Gasteiger partial charge < -0.3 is 5.11 Å². The van der Waals surface area contributed by atoms with Crippen molar-refractivity contribution in [3.63, 3.8) is 0 Å². The fourth-order valence-electron chi connectivity index (χ4n) is 1.83. The van der Waals surface area contributed by atoms with Crippen LogP contribution in [0.2, 0.25) is 0 Å². The molecule has 124 valence electrons. The molecular weight excluding hydrogens is 387 g/mol. The van der Waals surface area contributed by atoms with Gasteiger partial charge in [-0.05, 0) is 30.1 Å². The Morgan fingerprint density at radius 1 is 0.870 bits per heavy atom. The van der Waals surface area contributed by atoms with Gasteiger partial charge in [-0.3, -0.25) is 0 Å². The quantitative estimate of drug-likeness (QED) is 0.610. The second-order valence-corrected chi connectivity index (χ2v) is 4.22. The van der Waals surface area contributed by atoms with E-state index in [4.69, 9.17) is 5.11 Å². The summed E-state index contributed by atoms with van der Waals surface area (Å²) in [5, 5.41) is 9.05. The molecule has 0 aliphatic heterocycles. The molecule has 0 spiro atoms. The predicted octanol–water partition coefficient (Wildman–Crippen LogP) is 4.55. The van der Waals surface area contributed by atoms with Crippen LogP contribution in [-0.2, 0) is 10.5 Å². The van der Waals surface area contributed by atoms with E-state index in [1.807, 2.05) is 5.83 Å². The smallest absolute Gasteiger partial charge is 0.350 e. The standard InChI is InChI=1S/C14H7F5O2.CH3Br/c15-9-3-1-7(5-11(9)17)14(19,13(20)21)8-2-4-10(16)12(18)6-8;1-2/h1-6H,(H,20,21);1H3. The number of aliphatic carboxylic acids is 1. The molecule has 0 saturated heterocycles. The molecule has 0 unspecified atom stereocenters. The van der Waals surface area contributed by atoms with Crippen LogP contribution in [0.1, 0.15) is 11.1 Å². The van der Waals surface area contributed by atoms with Crippen LogP contribution in [0.4, 0.5) is 22.0 Å². The van der Waals surface area contributed by atoms with Crippen molar-refractivity contribution in [2.75, 3.05) is 5.83 Å². The molecule has 1 N–H and O–H groups in total. The number of alkyl halides is 2. The summed E-state index contributed by atoms with van der Waals surface area (Å²) in [6.07, 6.45) is 0. The minimum Gasteiger partial charge on any atom is -0.478 e. The van der Waals surface area contributed by atoms with Gasteiger partial charge in [0.15, 0.2) is 23.3 Å². The van der Waals surface area contributed by atoms with Crippen LogP contribution in [0.15, 0.2) is 36.4 Å². The van der Waals surface area contributed by atoms with Crippen LogP contribution in [0.3, 0.4) is 0 Å². The Morgan fingerprint density at radius 3 is 1.48 bits per heavy atom. The van der Waals surface area contributed by atoms with Crippen LogP contribution in [-0.4, -0.2) is 16.9 Å². The maximum Gasteiger partial charge on any atom is 0.350 e. The van der Waals surface area contributed by atoms with Gasteiger partial charge in [-0.25, -0.2) is 26.7 Å². The number of rotatable bonds is 3. The lowest BCUT2D eigenvalue weighted by Crippen LogP contribution is -2.32. The summed E-state index contributed by atoms with van der Waals surface area (Å²) in [5.41, 5.74) is -4.84. The SMILES string of the molecule is CBr.O=C(O)C(F)(c1ccc(F)c(F)c1)c1ccc(F)c(F)c1. The summed E-state index contributed by atoms with van der Waals surface area (Å²) in [5.74, 6) is -5.77. The Bertz CT molecular complexity index is 670. The minimum atomic E-state index is -3.34. The molecular formula is C15H10BrF5O2. The Balaban J connectivity index is 0.00000127. The van der Waals surface area contributed by atoms with Gasteiger partial charge in [0, 0.05) is 11.1 Å². The lowest BCUT2D eigenvalue weighted by atomic mass is 9.88. The van der Waals surface area contributed by atoms with Crippen LogP contribution >= 0.6 is 15.9 Å². The monoisotopic (exact) mass is 396 g/mol. The molecule has 2 aromatic rings. The third-order valence-electron chi connectivity index (χ3n) is 2.93. The van der Waals surface area contributed by atoms with Crippen molar-refractivity contribution in [1.82, 2.24) is 0 Å². The Morgan fingerprint density at radius 2 is 1.22 bits per heavy atom. The summed E-state index contributed by atoms with van der Waals surface area (Å²) in [6, 6.07) is 3.22. The van der Waals surface area contributed by atoms with E-state index in [0.717, 1.165) is 0 Å². The number of benzene rings is 2. The number of carbonyl (C=O) groups is 1. The summed E-state index contributed by atoms with van der Waals surface area (Å²) in [7, 11) is 0. The first kappa shape index (κ1) is 19.1. The van der Waals surface area contributed by atoms with Crippen molar-refractivity contribution < 1.29 is 31.9 Å². The number of hydrogen-bond donors (Lipinski definition) is 1. The average molecular weight is 397 g/mol. The molecule has 2 rings (SSSR count). The van der Waals surface area contributed by atoms with Crippen molar-refractivity contribution >= 4 is 21.9 Å². The zero-order valence-electron chi connectivity index (χ0n) is 11.6. The lowest BCUT2D eigenvalue weighted by molar-refractivity contribution is -0.148. The predicted molar refractivity (Wildman–Crippen MR) is 77.1 cm³/mol. The zero-order chi connectivity index (χ0) is 17.8. The summed E-state index contributed by atoms with van der Waals surface area (Å²) >= 11 is 2.94. The Kier molecular flexibility index (Phi) is 6.26.